The molecule has 0 unspecified atom stereocenters. The van der Waals surface area contributed by atoms with Gasteiger partial charge in [-0.1, -0.05) is 42.5 Å². The first-order chi connectivity index (χ1) is 13.3. The zero-order valence-corrected chi connectivity index (χ0v) is 15.0. The first kappa shape index (κ1) is 19.2. The van der Waals surface area contributed by atoms with Gasteiger partial charge in [0, 0.05) is 18.7 Å². The van der Waals surface area contributed by atoms with E-state index < -0.39 is 0 Å². The maximum absolute atomic E-state index is 13.1. The molecule has 0 aliphatic heterocycles. The number of aromatic nitrogens is 3. The van der Waals surface area contributed by atoms with Crippen LogP contribution in [-0.2, 0) is 17.8 Å². The second kappa shape index (κ2) is 9.91. The lowest BCUT2D eigenvalue weighted by Gasteiger charge is -2.04. The van der Waals surface area contributed by atoms with Crippen molar-refractivity contribution >= 4 is 0 Å². The Morgan fingerprint density at radius 2 is 1.78 bits per heavy atom. The molecule has 2 aromatic carbocycles. The third-order valence-electron chi connectivity index (χ3n) is 3.96. The van der Waals surface area contributed by atoms with Gasteiger partial charge in [-0.25, -0.2) is 4.39 Å². The second-order valence-corrected chi connectivity index (χ2v) is 6.03. The highest BCUT2D eigenvalue weighted by atomic mass is 19.1. The molecule has 0 spiro atoms. The van der Waals surface area contributed by atoms with Gasteiger partial charge in [-0.15, -0.1) is 0 Å². The normalized spacial score (nSPS) is 11.0. The number of hydrogen-bond acceptors (Lipinski definition) is 5. The molecule has 0 atom stereocenters. The Bertz CT molecular complexity index is 822. The molecule has 0 radical (unpaired) electrons. The van der Waals surface area contributed by atoms with Crippen LogP contribution >= 0.6 is 0 Å². The SMILES string of the molecule is OCCOCCNCc1nn(Cc2ccc(F)cc2)nc1-c1ccccc1. The van der Waals surface area contributed by atoms with Crippen LogP contribution in [0.25, 0.3) is 11.3 Å². The Balaban J connectivity index is 1.71. The molecular formula is C20H23FN4O2. The number of nitrogens with zero attached hydrogens (tertiary/aromatic N) is 3. The van der Waals surface area contributed by atoms with E-state index in [2.05, 4.69) is 15.5 Å². The summed E-state index contributed by atoms with van der Waals surface area (Å²) in [5.74, 6) is -0.259. The van der Waals surface area contributed by atoms with Crippen LogP contribution < -0.4 is 5.32 Å². The molecule has 27 heavy (non-hydrogen) atoms. The Kier molecular flexibility index (Phi) is 7.04. The van der Waals surface area contributed by atoms with Gasteiger partial charge in [0.05, 0.1) is 26.4 Å². The van der Waals surface area contributed by atoms with Crippen LogP contribution in [0.5, 0.6) is 0 Å². The molecule has 3 rings (SSSR count). The largest absolute Gasteiger partial charge is 0.394 e. The number of benzene rings is 2. The van der Waals surface area contributed by atoms with Crippen LogP contribution in [0.4, 0.5) is 4.39 Å². The van der Waals surface area contributed by atoms with Crippen molar-refractivity contribution < 1.29 is 14.2 Å². The first-order valence-electron chi connectivity index (χ1n) is 8.89. The number of aliphatic hydroxyl groups is 1. The van der Waals surface area contributed by atoms with Crippen LogP contribution in [0, 0.1) is 5.82 Å². The Labute approximate surface area is 157 Å². The lowest BCUT2D eigenvalue weighted by Crippen LogP contribution is -2.20. The van der Waals surface area contributed by atoms with Gasteiger partial charge in [-0.05, 0) is 17.7 Å². The highest BCUT2D eigenvalue weighted by Gasteiger charge is 2.13. The maximum Gasteiger partial charge on any atom is 0.123 e. The van der Waals surface area contributed by atoms with Crippen molar-refractivity contribution in [1.29, 1.82) is 0 Å². The molecule has 0 bridgehead atoms. The molecule has 3 aromatic rings. The number of ether oxygens (including phenoxy) is 1. The average molecular weight is 370 g/mol. The third-order valence-corrected chi connectivity index (χ3v) is 3.96. The predicted octanol–water partition coefficient (Wildman–Crippen LogP) is 2.23. The number of aliphatic hydroxyl groups excluding tert-OH is 1. The van der Waals surface area contributed by atoms with Crippen LogP contribution in [0.2, 0.25) is 0 Å². The topological polar surface area (TPSA) is 72.2 Å². The summed E-state index contributed by atoms with van der Waals surface area (Å²) < 4.78 is 18.3. The standard InChI is InChI=1S/C20H23FN4O2/c21-18-8-6-16(7-9-18)15-25-23-19(14-22-10-12-27-13-11-26)20(24-25)17-4-2-1-3-5-17/h1-9,22,26H,10-15H2. The van der Waals surface area contributed by atoms with Gasteiger partial charge < -0.3 is 15.2 Å². The summed E-state index contributed by atoms with van der Waals surface area (Å²) in [4.78, 5) is 1.63. The summed E-state index contributed by atoms with van der Waals surface area (Å²) in [6.07, 6.45) is 0. The molecule has 0 saturated heterocycles. The van der Waals surface area contributed by atoms with Gasteiger partial charge in [0.15, 0.2) is 0 Å². The molecule has 0 fully saturated rings. The van der Waals surface area contributed by atoms with Gasteiger partial charge in [-0.3, -0.25) is 0 Å². The molecule has 0 saturated carbocycles. The monoisotopic (exact) mass is 370 g/mol. The van der Waals surface area contributed by atoms with Gasteiger partial charge >= 0.3 is 0 Å². The van der Waals surface area contributed by atoms with Crippen molar-refractivity contribution in [2.24, 2.45) is 0 Å². The Hall–Kier alpha value is -2.61. The molecule has 1 heterocycles. The minimum atomic E-state index is -0.259. The van der Waals surface area contributed by atoms with Crippen molar-refractivity contribution in [2.75, 3.05) is 26.4 Å². The molecule has 7 heteroatoms. The lowest BCUT2D eigenvalue weighted by molar-refractivity contribution is 0.0937. The van der Waals surface area contributed by atoms with Gasteiger partial charge in [0.25, 0.3) is 0 Å². The Morgan fingerprint density at radius 1 is 1.00 bits per heavy atom. The summed E-state index contributed by atoms with van der Waals surface area (Å²) in [6.45, 7) is 2.56. The average Bonchev–Trinajstić information content (AvgIpc) is 3.10. The summed E-state index contributed by atoms with van der Waals surface area (Å²) in [5, 5.41) is 21.2. The predicted molar refractivity (Wildman–Crippen MR) is 101 cm³/mol. The van der Waals surface area contributed by atoms with Gasteiger partial charge in [0.2, 0.25) is 0 Å². The minimum Gasteiger partial charge on any atom is -0.394 e. The minimum absolute atomic E-state index is 0.0237. The number of halogens is 1. The van der Waals surface area contributed by atoms with E-state index in [-0.39, 0.29) is 12.4 Å². The van der Waals surface area contributed by atoms with E-state index in [0.717, 1.165) is 22.5 Å². The third kappa shape index (κ3) is 5.68. The van der Waals surface area contributed by atoms with E-state index in [1.54, 1.807) is 16.9 Å². The summed E-state index contributed by atoms with van der Waals surface area (Å²) in [5.41, 5.74) is 3.59. The highest BCUT2D eigenvalue weighted by molar-refractivity contribution is 5.60. The molecule has 0 aliphatic carbocycles. The highest BCUT2D eigenvalue weighted by Crippen LogP contribution is 2.20. The van der Waals surface area contributed by atoms with E-state index >= 15 is 0 Å². The van der Waals surface area contributed by atoms with Crippen molar-refractivity contribution in [2.45, 2.75) is 13.1 Å². The van der Waals surface area contributed by atoms with Crippen molar-refractivity contribution in [3.63, 3.8) is 0 Å². The van der Waals surface area contributed by atoms with Crippen molar-refractivity contribution in [3.05, 3.63) is 71.7 Å². The number of nitrogens with one attached hydrogen (secondary N) is 1. The van der Waals surface area contributed by atoms with Gasteiger partial charge in [0.1, 0.15) is 17.2 Å². The molecule has 6 nitrogen and oxygen atoms in total. The fourth-order valence-corrected chi connectivity index (χ4v) is 2.66. The van der Waals surface area contributed by atoms with Crippen molar-refractivity contribution in [1.82, 2.24) is 20.3 Å². The number of rotatable bonds is 10. The first-order valence-corrected chi connectivity index (χ1v) is 8.89. The summed E-state index contributed by atoms with van der Waals surface area (Å²) in [6, 6.07) is 16.2. The Morgan fingerprint density at radius 3 is 2.52 bits per heavy atom. The fourth-order valence-electron chi connectivity index (χ4n) is 2.66. The zero-order valence-electron chi connectivity index (χ0n) is 15.0. The van der Waals surface area contributed by atoms with E-state index in [4.69, 9.17) is 9.84 Å². The molecule has 2 N–H and O–H groups in total. The van der Waals surface area contributed by atoms with Crippen LogP contribution in [0.1, 0.15) is 11.3 Å². The maximum atomic E-state index is 13.1. The molecule has 0 aliphatic rings. The molecule has 0 amide bonds. The summed E-state index contributed by atoms with van der Waals surface area (Å²) >= 11 is 0. The van der Waals surface area contributed by atoms with Crippen LogP contribution in [-0.4, -0.2) is 46.5 Å². The van der Waals surface area contributed by atoms with Crippen LogP contribution in [0.15, 0.2) is 54.6 Å². The molecule has 142 valence electrons. The molecule has 1 aromatic heterocycles. The van der Waals surface area contributed by atoms with E-state index in [1.807, 2.05) is 30.3 Å². The number of hydrogen-bond donors (Lipinski definition) is 2. The fraction of sp³-hybridized carbons (Fsp3) is 0.300. The zero-order chi connectivity index (χ0) is 18.9. The van der Waals surface area contributed by atoms with E-state index in [0.29, 0.717) is 32.8 Å². The quantitative estimate of drug-likeness (QED) is 0.536. The smallest absolute Gasteiger partial charge is 0.123 e. The van der Waals surface area contributed by atoms with Crippen LogP contribution in [0.3, 0.4) is 0 Å². The van der Waals surface area contributed by atoms with Crippen molar-refractivity contribution in [3.8, 4) is 11.3 Å². The lowest BCUT2D eigenvalue weighted by atomic mass is 10.1. The summed E-state index contributed by atoms with van der Waals surface area (Å²) in [7, 11) is 0. The molecular weight excluding hydrogens is 347 g/mol. The van der Waals surface area contributed by atoms with Gasteiger partial charge in [-0.2, -0.15) is 15.0 Å². The van der Waals surface area contributed by atoms with E-state index in [1.165, 1.54) is 12.1 Å². The second-order valence-electron chi connectivity index (χ2n) is 6.03. The van der Waals surface area contributed by atoms with E-state index in [9.17, 15) is 4.39 Å².